The van der Waals surface area contributed by atoms with Crippen molar-refractivity contribution in [3.05, 3.63) is 0 Å². The number of nitriles is 1. The van der Waals surface area contributed by atoms with Crippen LogP contribution in [0.3, 0.4) is 0 Å². The molecule has 2 aliphatic rings. The third-order valence-electron chi connectivity index (χ3n) is 3.89. The molecule has 2 fully saturated rings. The molecular formula is C11H17N3O. The third-order valence-corrected chi connectivity index (χ3v) is 3.89. The highest BCUT2D eigenvalue weighted by molar-refractivity contribution is 5.78. The van der Waals surface area contributed by atoms with E-state index in [-0.39, 0.29) is 23.8 Å². The Bertz CT molecular complexity index is 301. The van der Waals surface area contributed by atoms with Gasteiger partial charge in [0.1, 0.15) is 6.42 Å². The molecule has 1 aliphatic carbocycles. The zero-order valence-electron chi connectivity index (χ0n) is 8.91. The SMILES string of the molecule is N#CCC(=O)N1CC(N)C2(CCCC2)C1. The fourth-order valence-corrected chi connectivity index (χ4v) is 2.97. The maximum Gasteiger partial charge on any atom is 0.236 e. The number of amides is 1. The number of nitrogens with two attached hydrogens (primary N) is 1. The van der Waals surface area contributed by atoms with Gasteiger partial charge in [0.25, 0.3) is 0 Å². The van der Waals surface area contributed by atoms with Crippen LogP contribution in [0.2, 0.25) is 0 Å². The minimum atomic E-state index is -0.0586. The first-order valence-electron chi connectivity index (χ1n) is 5.58. The Hall–Kier alpha value is -1.08. The second-order valence-corrected chi connectivity index (χ2v) is 4.79. The van der Waals surface area contributed by atoms with Gasteiger partial charge in [-0.25, -0.2) is 0 Å². The van der Waals surface area contributed by atoms with E-state index in [2.05, 4.69) is 0 Å². The summed E-state index contributed by atoms with van der Waals surface area (Å²) < 4.78 is 0. The molecule has 0 bridgehead atoms. The van der Waals surface area contributed by atoms with Crippen molar-refractivity contribution >= 4 is 5.91 Å². The first-order valence-corrected chi connectivity index (χ1v) is 5.58. The molecule has 1 saturated heterocycles. The van der Waals surface area contributed by atoms with Gasteiger partial charge in [-0.3, -0.25) is 4.79 Å². The Morgan fingerprint density at radius 1 is 1.53 bits per heavy atom. The lowest BCUT2D eigenvalue weighted by Crippen LogP contribution is -2.38. The van der Waals surface area contributed by atoms with E-state index < -0.39 is 0 Å². The van der Waals surface area contributed by atoms with Crippen LogP contribution in [0.5, 0.6) is 0 Å². The van der Waals surface area contributed by atoms with E-state index >= 15 is 0 Å². The number of nitrogens with zero attached hydrogens (tertiary/aromatic N) is 2. The average Bonchev–Trinajstić information content (AvgIpc) is 2.78. The van der Waals surface area contributed by atoms with Gasteiger partial charge >= 0.3 is 0 Å². The minimum absolute atomic E-state index is 0.0111. The summed E-state index contributed by atoms with van der Waals surface area (Å²) in [6.45, 7) is 1.41. The second-order valence-electron chi connectivity index (χ2n) is 4.79. The number of carbonyl (C=O) groups excluding carboxylic acids is 1. The lowest BCUT2D eigenvalue weighted by Gasteiger charge is -2.26. The zero-order chi connectivity index (χ0) is 10.9. The van der Waals surface area contributed by atoms with E-state index in [1.54, 1.807) is 4.90 Å². The summed E-state index contributed by atoms with van der Waals surface area (Å²) in [5.74, 6) is -0.0586. The van der Waals surface area contributed by atoms with Crippen molar-refractivity contribution in [2.75, 3.05) is 13.1 Å². The van der Waals surface area contributed by atoms with Crippen molar-refractivity contribution in [1.82, 2.24) is 4.90 Å². The molecule has 1 atom stereocenters. The van der Waals surface area contributed by atoms with Crippen LogP contribution >= 0.6 is 0 Å². The van der Waals surface area contributed by atoms with Crippen molar-refractivity contribution in [3.8, 4) is 6.07 Å². The third kappa shape index (κ3) is 1.72. The molecule has 1 aliphatic heterocycles. The van der Waals surface area contributed by atoms with Gasteiger partial charge in [0.15, 0.2) is 0 Å². The summed E-state index contributed by atoms with van der Waals surface area (Å²) in [7, 11) is 0. The molecule has 0 aromatic carbocycles. The lowest BCUT2D eigenvalue weighted by molar-refractivity contribution is -0.129. The summed E-state index contributed by atoms with van der Waals surface area (Å²) in [6.07, 6.45) is 4.74. The highest BCUT2D eigenvalue weighted by Crippen LogP contribution is 2.44. The smallest absolute Gasteiger partial charge is 0.236 e. The van der Waals surface area contributed by atoms with Crippen LogP contribution in [0, 0.1) is 16.7 Å². The van der Waals surface area contributed by atoms with Crippen LogP contribution in [-0.4, -0.2) is 29.9 Å². The molecule has 82 valence electrons. The average molecular weight is 207 g/mol. The summed E-state index contributed by atoms with van der Waals surface area (Å²) in [4.78, 5) is 13.4. The fourth-order valence-electron chi connectivity index (χ4n) is 2.97. The number of hydrogen-bond donors (Lipinski definition) is 1. The van der Waals surface area contributed by atoms with Gasteiger partial charge in [-0.15, -0.1) is 0 Å². The van der Waals surface area contributed by atoms with Crippen molar-refractivity contribution in [2.24, 2.45) is 11.1 Å². The quantitative estimate of drug-likeness (QED) is 0.685. The van der Waals surface area contributed by atoms with Gasteiger partial charge in [0.2, 0.25) is 5.91 Å². The molecule has 15 heavy (non-hydrogen) atoms. The van der Waals surface area contributed by atoms with Gasteiger partial charge in [-0.1, -0.05) is 12.8 Å². The second kappa shape index (κ2) is 3.82. The number of likely N-dealkylation sites (tertiary alicyclic amines) is 1. The van der Waals surface area contributed by atoms with Crippen molar-refractivity contribution in [3.63, 3.8) is 0 Å². The van der Waals surface area contributed by atoms with E-state index in [4.69, 9.17) is 11.0 Å². The van der Waals surface area contributed by atoms with E-state index in [1.807, 2.05) is 6.07 Å². The number of rotatable bonds is 1. The molecule has 2 rings (SSSR count). The molecule has 1 spiro atoms. The molecule has 1 amide bonds. The predicted molar refractivity (Wildman–Crippen MR) is 55.7 cm³/mol. The molecule has 2 N–H and O–H groups in total. The van der Waals surface area contributed by atoms with Crippen LogP contribution in [-0.2, 0) is 4.79 Å². The summed E-state index contributed by atoms with van der Waals surface area (Å²) in [6, 6.07) is 2.02. The van der Waals surface area contributed by atoms with Gasteiger partial charge < -0.3 is 10.6 Å². The Labute approximate surface area is 90.0 Å². The van der Waals surface area contributed by atoms with E-state index in [0.29, 0.717) is 6.54 Å². The maximum atomic E-state index is 11.6. The predicted octanol–water partition coefficient (Wildman–Crippen LogP) is 0.630. The Morgan fingerprint density at radius 3 is 2.80 bits per heavy atom. The normalized spacial score (nSPS) is 28.3. The van der Waals surface area contributed by atoms with Gasteiger partial charge in [-0.2, -0.15) is 5.26 Å². The number of hydrogen-bond acceptors (Lipinski definition) is 3. The first-order chi connectivity index (χ1) is 7.18. The topological polar surface area (TPSA) is 70.1 Å². The lowest BCUT2D eigenvalue weighted by atomic mass is 9.82. The van der Waals surface area contributed by atoms with E-state index in [0.717, 1.165) is 19.4 Å². The zero-order valence-corrected chi connectivity index (χ0v) is 8.91. The largest absolute Gasteiger partial charge is 0.340 e. The molecule has 4 heteroatoms. The van der Waals surface area contributed by atoms with Crippen LogP contribution < -0.4 is 5.73 Å². The van der Waals surface area contributed by atoms with Crippen LogP contribution in [0.4, 0.5) is 0 Å². The Kier molecular flexibility index (Phi) is 2.66. The van der Waals surface area contributed by atoms with E-state index in [9.17, 15) is 4.79 Å². The highest BCUT2D eigenvalue weighted by Gasteiger charge is 2.47. The van der Waals surface area contributed by atoms with Gasteiger partial charge in [0, 0.05) is 24.5 Å². The van der Waals surface area contributed by atoms with Crippen molar-refractivity contribution in [2.45, 2.75) is 38.1 Å². The standard InChI is InChI=1S/C11H17N3O/c12-6-3-10(15)14-7-9(13)11(8-14)4-1-2-5-11/h9H,1-5,7-8,13H2. The minimum Gasteiger partial charge on any atom is -0.340 e. The molecule has 1 heterocycles. The molecule has 0 aromatic heterocycles. The summed E-state index contributed by atoms with van der Waals surface area (Å²) >= 11 is 0. The summed E-state index contributed by atoms with van der Waals surface area (Å²) in [5, 5.41) is 8.49. The van der Waals surface area contributed by atoms with Crippen molar-refractivity contribution in [1.29, 1.82) is 5.26 Å². The fraction of sp³-hybridized carbons (Fsp3) is 0.818. The molecule has 1 unspecified atom stereocenters. The molecule has 4 nitrogen and oxygen atoms in total. The molecule has 0 aromatic rings. The number of carbonyl (C=O) groups is 1. The Morgan fingerprint density at radius 2 is 2.20 bits per heavy atom. The van der Waals surface area contributed by atoms with Gasteiger partial charge in [0.05, 0.1) is 6.07 Å². The van der Waals surface area contributed by atoms with Crippen LogP contribution in [0.25, 0.3) is 0 Å². The maximum absolute atomic E-state index is 11.6. The monoisotopic (exact) mass is 207 g/mol. The van der Waals surface area contributed by atoms with Crippen molar-refractivity contribution < 1.29 is 4.79 Å². The van der Waals surface area contributed by atoms with E-state index in [1.165, 1.54) is 12.8 Å². The highest BCUT2D eigenvalue weighted by atomic mass is 16.2. The molecule has 1 saturated carbocycles. The van der Waals surface area contributed by atoms with Crippen LogP contribution in [0.1, 0.15) is 32.1 Å². The summed E-state index contributed by atoms with van der Waals surface area (Å²) in [5.41, 5.74) is 6.29. The molecule has 0 radical (unpaired) electrons. The molecular weight excluding hydrogens is 190 g/mol. The van der Waals surface area contributed by atoms with Crippen LogP contribution in [0.15, 0.2) is 0 Å². The van der Waals surface area contributed by atoms with Gasteiger partial charge in [-0.05, 0) is 12.8 Å². The first kappa shape index (κ1) is 10.4. The Balaban J connectivity index is 2.04.